The Morgan fingerprint density at radius 1 is 1.42 bits per heavy atom. The zero-order chi connectivity index (χ0) is 14.8. The van der Waals surface area contributed by atoms with E-state index in [-0.39, 0.29) is 0 Å². The van der Waals surface area contributed by atoms with E-state index in [1.165, 1.54) is 11.8 Å². The monoisotopic (exact) mass is 272 g/mol. The van der Waals surface area contributed by atoms with Crippen LogP contribution in [0.2, 0.25) is 0 Å². The molecule has 0 spiro atoms. The molecule has 1 amide bonds. The number of hydrogen-bond acceptors (Lipinski definition) is 5. The van der Waals surface area contributed by atoms with Crippen molar-refractivity contribution in [2.24, 2.45) is 5.73 Å². The Hall–Kier alpha value is -1.14. The second-order valence-corrected chi connectivity index (χ2v) is 5.99. The van der Waals surface area contributed by atoms with Crippen molar-refractivity contribution >= 4 is 11.9 Å². The smallest absolute Gasteiger partial charge is 0.329 e. The highest BCUT2D eigenvalue weighted by atomic mass is 16.6. The summed E-state index contributed by atoms with van der Waals surface area (Å²) in [6.07, 6.45) is 0.377. The van der Waals surface area contributed by atoms with Crippen molar-refractivity contribution in [3.63, 3.8) is 0 Å². The Morgan fingerprint density at radius 2 is 2.00 bits per heavy atom. The van der Waals surface area contributed by atoms with Crippen molar-refractivity contribution in [3.05, 3.63) is 0 Å². The van der Waals surface area contributed by atoms with Gasteiger partial charge in [-0.05, 0) is 40.5 Å². The molecule has 1 saturated heterocycles. The van der Waals surface area contributed by atoms with E-state index in [2.05, 4.69) is 0 Å². The molecule has 1 aliphatic heterocycles. The number of hydrogen-bond donors (Lipinski definition) is 2. The topological polar surface area (TPSA) is 92.9 Å². The molecular weight excluding hydrogens is 248 g/mol. The van der Waals surface area contributed by atoms with Gasteiger partial charge in [-0.1, -0.05) is 0 Å². The van der Waals surface area contributed by atoms with Crippen LogP contribution in [0.4, 0.5) is 0 Å². The molecule has 0 bridgehead atoms. The molecule has 6 nitrogen and oxygen atoms in total. The third kappa shape index (κ3) is 4.18. The van der Waals surface area contributed by atoms with Gasteiger partial charge in [-0.3, -0.25) is 4.79 Å². The molecule has 3 N–H and O–H groups in total. The Balaban J connectivity index is 2.74. The fourth-order valence-electron chi connectivity index (χ4n) is 2.04. The molecule has 1 fully saturated rings. The summed E-state index contributed by atoms with van der Waals surface area (Å²) >= 11 is 0. The Kier molecular flexibility index (Phi) is 4.92. The molecule has 1 rings (SSSR count). The molecule has 0 radical (unpaired) electrons. The summed E-state index contributed by atoms with van der Waals surface area (Å²) in [7, 11) is 0. The summed E-state index contributed by atoms with van der Waals surface area (Å²) in [5.41, 5.74) is 5.05. The second kappa shape index (κ2) is 5.88. The number of aliphatic hydroxyl groups is 1. The average molecular weight is 272 g/mol. The average Bonchev–Trinajstić information content (AvgIpc) is 2.73. The first-order chi connectivity index (χ1) is 8.63. The van der Waals surface area contributed by atoms with E-state index in [4.69, 9.17) is 10.5 Å². The van der Waals surface area contributed by atoms with Gasteiger partial charge in [-0.25, -0.2) is 4.79 Å². The zero-order valence-electron chi connectivity index (χ0n) is 12.0. The van der Waals surface area contributed by atoms with Gasteiger partial charge in [-0.2, -0.15) is 0 Å². The van der Waals surface area contributed by atoms with E-state index in [0.717, 1.165) is 6.42 Å². The third-order valence-electron chi connectivity index (χ3n) is 3.02. The van der Waals surface area contributed by atoms with Crippen LogP contribution in [0.3, 0.4) is 0 Å². The van der Waals surface area contributed by atoms with Crippen molar-refractivity contribution < 1.29 is 19.4 Å². The number of carbonyl (C=O) groups excluding carboxylic acids is 2. The molecule has 110 valence electrons. The fraction of sp³-hybridized carbons (Fsp3) is 0.846. The summed E-state index contributed by atoms with van der Waals surface area (Å²) in [6.45, 7) is 7.29. The van der Waals surface area contributed by atoms with Crippen LogP contribution in [0.25, 0.3) is 0 Å². The minimum Gasteiger partial charge on any atom is -0.458 e. The highest BCUT2D eigenvalue weighted by Gasteiger charge is 2.39. The number of likely N-dealkylation sites (tertiary alicyclic amines) is 1. The number of esters is 1. The van der Waals surface area contributed by atoms with Crippen molar-refractivity contribution in [1.29, 1.82) is 0 Å². The highest BCUT2D eigenvalue weighted by Crippen LogP contribution is 2.22. The maximum atomic E-state index is 12.1. The first kappa shape index (κ1) is 15.9. The van der Waals surface area contributed by atoms with Gasteiger partial charge in [0.15, 0.2) is 0 Å². The standard InChI is InChI=1S/C13H24N2O4/c1-8(16)10(14)11(17)15-7-5-6-9(15)12(18)19-13(2,3)4/h8-10,16H,5-7,14H2,1-4H3/t8-,9+,10+/m1/s1. The lowest BCUT2D eigenvalue weighted by Gasteiger charge is -2.29. The van der Waals surface area contributed by atoms with Crippen LogP contribution in [0.5, 0.6) is 0 Å². The van der Waals surface area contributed by atoms with Crippen LogP contribution in [-0.2, 0) is 14.3 Å². The molecular formula is C13H24N2O4. The van der Waals surface area contributed by atoms with E-state index < -0.39 is 35.7 Å². The van der Waals surface area contributed by atoms with Crippen LogP contribution in [0.1, 0.15) is 40.5 Å². The maximum absolute atomic E-state index is 12.1. The van der Waals surface area contributed by atoms with Crippen LogP contribution in [-0.4, -0.2) is 52.2 Å². The molecule has 3 atom stereocenters. The number of nitrogens with zero attached hydrogens (tertiary/aromatic N) is 1. The first-order valence-corrected chi connectivity index (χ1v) is 6.60. The number of ether oxygens (including phenoxy) is 1. The minimum absolute atomic E-state index is 0.400. The largest absolute Gasteiger partial charge is 0.458 e. The van der Waals surface area contributed by atoms with Gasteiger partial charge in [-0.15, -0.1) is 0 Å². The van der Waals surface area contributed by atoms with E-state index in [1.807, 2.05) is 0 Å². The predicted octanol–water partition coefficient (Wildman–Crippen LogP) is 0.0272. The van der Waals surface area contributed by atoms with Gasteiger partial charge in [0.2, 0.25) is 5.91 Å². The molecule has 1 aliphatic rings. The first-order valence-electron chi connectivity index (χ1n) is 6.60. The van der Waals surface area contributed by atoms with Gasteiger partial charge in [0.1, 0.15) is 17.7 Å². The second-order valence-electron chi connectivity index (χ2n) is 5.99. The van der Waals surface area contributed by atoms with E-state index in [0.29, 0.717) is 13.0 Å². The van der Waals surface area contributed by atoms with Crippen molar-refractivity contribution in [3.8, 4) is 0 Å². The van der Waals surface area contributed by atoms with Gasteiger partial charge >= 0.3 is 5.97 Å². The summed E-state index contributed by atoms with van der Waals surface area (Å²) in [6, 6.07) is -1.58. The lowest BCUT2D eigenvalue weighted by Crippen LogP contribution is -2.53. The molecule has 0 unspecified atom stereocenters. The molecule has 0 saturated carbocycles. The molecule has 19 heavy (non-hydrogen) atoms. The molecule has 6 heteroatoms. The highest BCUT2D eigenvalue weighted by molar-refractivity contribution is 5.88. The number of carbonyl (C=O) groups is 2. The number of amides is 1. The molecule has 0 aromatic carbocycles. The van der Waals surface area contributed by atoms with Crippen molar-refractivity contribution in [2.75, 3.05) is 6.54 Å². The Bertz CT molecular complexity index is 349. The SMILES string of the molecule is C[C@@H](O)[C@H](N)C(=O)N1CCC[C@H]1C(=O)OC(C)(C)C. The fourth-order valence-corrected chi connectivity index (χ4v) is 2.04. The third-order valence-corrected chi connectivity index (χ3v) is 3.02. The van der Waals surface area contributed by atoms with Crippen LogP contribution in [0, 0.1) is 0 Å². The van der Waals surface area contributed by atoms with Crippen LogP contribution >= 0.6 is 0 Å². The minimum atomic E-state index is -0.997. The summed E-state index contributed by atoms with van der Waals surface area (Å²) in [4.78, 5) is 25.6. The summed E-state index contributed by atoms with van der Waals surface area (Å²) in [5, 5.41) is 9.37. The molecule has 0 aromatic rings. The van der Waals surface area contributed by atoms with Gasteiger partial charge in [0.05, 0.1) is 6.10 Å². The van der Waals surface area contributed by atoms with Crippen LogP contribution < -0.4 is 5.73 Å². The molecule has 1 heterocycles. The van der Waals surface area contributed by atoms with Gasteiger partial charge in [0.25, 0.3) is 0 Å². The van der Waals surface area contributed by atoms with Crippen LogP contribution in [0.15, 0.2) is 0 Å². The maximum Gasteiger partial charge on any atom is 0.329 e. The lowest BCUT2D eigenvalue weighted by molar-refractivity contribution is -0.163. The molecule has 0 aliphatic carbocycles. The normalized spacial score (nSPS) is 23.1. The summed E-state index contributed by atoms with van der Waals surface area (Å²) in [5.74, 6) is -0.806. The van der Waals surface area contributed by atoms with Crippen molar-refractivity contribution in [1.82, 2.24) is 4.90 Å². The lowest BCUT2D eigenvalue weighted by atomic mass is 10.1. The Labute approximate surface area is 113 Å². The zero-order valence-corrected chi connectivity index (χ0v) is 12.0. The predicted molar refractivity (Wildman–Crippen MR) is 70.2 cm³/mol. The molecule has 0 aromatic heterocycles. The summed E-state index contributed by atoms with van der Waals surface area (Å²) < 4.78 is 5.31. The Morgan fingerprint density at radius 3 is 2.47 bits per heavy atom. The van der Waals surface area contributed by atoms with Gasteiger partial charge in [0, 0.05) is 6.54 Å². The van der Waals surface area contributed by atoms with E-state index >= 15 is 0 Å². The number of nitrogens with two attached hydrogens (primary N) is 1. The number of aliphatic hydroxyl groups excluding tert-OH is 1. The van der Waals surface area contributed by atoms with Crippen molar-refractivity contribution in [2.45, 2.75) is 64.3 Å². The van der Waals surface area contributed by atoms with E-state index in [1.54, 1.807) is 20.8 Å². The van der Waals surface area contributed by atoms with Gasteiger partial charge < -0.3 is 20.5 Å². The quantitative estimate of drug-likeness (QED) is 0.707. The number of rotatable bonds is 3. The van der Waals surface area contributed by atoms with E-state index in [9.17, 15) is 14.7 Å².